The zero-order valence-corrected chi connectivity index (χ0v) is 13.4. The highest BCUT2D eigenvalue weighted by atomic mass is 16.4. The van der Waals surface area contributed by atoms with Gasteiger partial charge in [0.25, 0.3) is 0 Å². The third-order valence-electron chi connectivity index (χ3n) is 4.22. The summed E-state index contributed by atoms with van der Waals surface area (Å²) in [5, 5.41) is 10.1. The van der Waals surface area contributed by atoms with E-state index in [4.69, 9.17) is 4.98 Å². The van der Waals surface area contributed by atoms with Crippen molar-refractivity contribution in [1.29, 1.82) is 0 Å². The Morgan fingerprint density at radius 3 is 2.04 bits per heavy atom. The van der Waals surface area contributed by atoms with Crippen LogP contribution in [0.5, 0.6) is 0 Å². The summed E-state index contributed by atoms with van der Waals surface area (Å²) in [6, 6.07) is 27.0. The number of carbonyl (C=O) groups is 1. The molecule has 3 aromatic carbocycles. The van der Waals surface area contributed by atoms with Crippen LogP contribution in [0, 0.1) is 0 Å². The lowest BCUT2D eigenvalue weighted by atomic mass is 9.96. The molecule has 0 spiro atoms. The van der Waals surface area contributed by atoms with E-state index in [0.29, 0.717) is 10.9 Å². The highest BCUT2D eigenvalue weighted by molar-refractivity contribution is 6.05. The van der Waals surface area contributed by atoms with Gasteiger partial charge in [-0.15, -0.1) is 0 Å². The van der Waals surface area contributed by atoms with Crippen LogP contribution >= 0.6 is 0 Å². The molecule has 0 fully saturated rings. The lowest BCUT2D eigenvalue weighted by Crippen LogP contribution is -1.99. The van der Waals surface area contributed by atoms with E-state index in [-0.39, 0.29) is 5.56 Å². The molecule has 0 saturated carbocycles. The fourth-order valence-electron chi connectivity index (χ4n) is 3.04. The molecule has 0 atom stereocenters. The maximum atomic E-state index is 11.6. The SMILES string of the molecule is O=C(O)c1cccc2nc(-c3ccccc3)c(-c3ccccc3)cc12. The first-order valence-corrected chi connectivity index (χ1v) is 8.02. The molecule has 0 bridgehead atoms. The molecule has 25 heavy (non-hydrogen) atoms. The molecule has 0 saturated heterocycles. The largest absolute Gasteiger partial charge is 0.478 e. The van der Waals surface area contributed by atoms with Crippen LogP contribution in [0.2, 0.25) is 0 Å². The Balaban J connectivity index is 2.08. The smallest absolute Gasteiger partial charge is 0.336 e. The highest BCUT2D eigenvalue weighted by Gasteiger charge is 2.15. The molecule has 3 nitrogen and oxygen atoms in total. The van der Waals surface area contributed by atoms with E-state index in [2.05, 4.69) is 0 Å². The number of fused-ring (bicyclic) bond motifs is 1. The van der Waals surface area contributed by atoms with Gasteiger partial charge >= 0.3 is 5.97 Å². The van der Waals surface area contributed by atoms with Crippen molar-refractivity contribution in [2.45, 2.75) is 0 Å². The van der Waals surface area contributed by atoms with Crippen LogP contribution in [0.3, 0.4) is 0 Å². The third kappa shape index (κ3) is 2.76. The Morgan fingerprint density at radius 1 is 0.760 bits per heavy atom. The third-order valence-corrected chi connectivity index (χ3v) is 4.22. The molecule has 0 aliphatic heterocycles. The van der Waals surface area contributed by atoms with E-state index >= 15 is 0 Å². The number of carboxylic acid groups (broad SMARTS) is 1. The number of hydrogen-bond acceptors (Lipinski definition) is 2. The van der Waals surface area contributed by atoms with Gasteiger partial charge in [-0.25, -0.2) is 9.78 Å². The van der Waals surface area contributed by atoms with Gasteiger partial charge in [0.1, 0.15) is 0 Å². The molecule has 1 aromatic heterocycles. The minimum atomic E-state index is -0.945. The second-order valence-corrected chi connectivity index (χ2v) is 5.79. The van der Waals surface area contributed by atoms with E-state index in [0.717, 1.165) is 22.4 Å². The van der Waals surface area contributed by atoms with Crippen molar-refractivity contribution < 1.29 is 9.90 Å². The van der Waals surface area contributed by atoms with E-state index in [1.807, 2.05) is 72.8 Å². The van der Waals surface area contributed by atoms with Crippen molar-refractivity contribution in [3.63, 3.8) is 0 Å². The summed E-state index contributed by atoms with van der Waals surface area (Å²) in [6.07, 6.45) is 0. The van der Waals surface area contributed by atoms with Crippen LogP contribution in [-0.2, 0) is 0 Å². The molecule has 0 amide bonds. The average Bonchev–Trinajstić information content (AvgIpc) is 2.67. The van der Waals surface area contributed by atoms with Crippen LogP contribution < -0.4 is 0 Å². The fourth-order valence-corrected chi connectivity index (χ4v) is 3.04. The molecule has 0 aliphatic rings. The number of aromatic nitrogens is 1. The highest BCUT2D eigenvalue weighted by Crippen LogP contribution is 2.34. The van der Waals surface area contributed by atoms with E-state index < -0.39 is 5.97 Å². The number of carboxylic acids is 1. The predicted molar refractivity (Wildman–Crippen MR) is 99.6 cm³/mol. The van der Waals surface area contributed by atoms with Crippen molar-refractivity contribution in [2.75, 3.05) is 0 Å². The molecule has 4 rings (SSSR count). The normalized spacial score (nSPS) is 10.7. The summed E-state index contributed by atoms with van der Waals surface area (Å²) >= 11 is 0. The van der Waals surface area contributed by atoms with Crippen LogP contribution in [0.1, 0.15) is 10.4 Å². The first kappa shape index (κ1) is 15.1. The molecular formula is C22H15NO2. The first-order chi connectivity index (χ1) is 12.2. The van der Waals surface area contributed by atoms with Crippen molar-refractivity contribution in [1.82, 2.24) is 4.98 Å². The van der Waals surface area contributed by atoms with Crippen molar-refractivity contribution in [3.8, 4) is 22.4 Å². The standard InChI is InChI=1S/C22H15NO2/c24-22(25)17-12-7-13-20-19(17)14-18(15-8-3-1-4-9-15)21(23-20)16-10-5-2-6-11-16/h1-14H,(H,24,25). The maximum absolute atomic E-state index is 11.6. The zero-order valence-electron chi connectivity index (χ0n) is 13.4. The minimum absolute atomic E-state index is 0.266. The van der Waals surface area contributed by atoms with Crippen LogP contribution in [0.15, 0.2) is 84.9 Å². The second-order valence-electron chi connectivity index (χ2n) is 5.79. The molecule has 0 aliphatic carbocycles. The van der Waals surface area contributed by atoms with Gasteiger partial charge in [-0.05, 0) is 23.8 Å². The Kier molecular flexibility index (Phi) is 3.75. The van der Waals surface area contributed by atoms with Gasteiger partial charge in [0.15, 0.2) is 0 Å². The summed E-state index contributed by atoms with van der Waals surface area (Å²) in [5.41, 5.74) is 4.73. The molecule has 0 radical (unpaired) electrons. The number of pyridine rings is 1. The number of aromatic carboxylic acids is 1. The van der Waals surface area contributed by atoms with Crippen molar-refractivity contribution in [3.05, 3.63) is 90.5 Å². The Morgan fingerprint density at radius 2 is 1.40 bits per heavy atom. The van der Waals surface area contributed by atoms with Gasteiger partial charge in [-0.1, -0.05) is 66.7 Å². The number of nitrogens with zero attached hydrogens (tertiary/aromatic N) is 1. The lowest BCUT2D eigenvalue weighted by Gasteiger charge is -2.12. The Hall–Kier alpha value is -3.46. The minimum Gasteiger partial charge on any atom is -0.478 e. The van der Waals surface area contributed by atoms with Gasteiger partial charge < -0.3 is 5.11 Å². The molecular weight excluding hydrogens is 310 g/mol. The number of benzene rings is 3. The first-order valence-electron chi connectivity index (χ1n) is 8.02. The molecule has 1 N–H and O–H groups in total. The molecule has 120 valence electrons. The molecule has 3 heteroatoms. The molecule has 1 heterocycles. The lowest BCUT2D eigenvalue weighted by molar-refractivity contribution is 0.0699. The predicted octanol–water partition coefficient (Wildman–Crippen LogP) is 5.27. The van der Waals surface area contributed by atoms with Crippen LogP contribution in [0.25, 0.3) is 33.3 Å². The van der Waals surface area contributed by atoms with Gasteiger partial charge in [-0.2, -0.15) is 0 Å². The zero-order chi connectivity index (χ0) is 17.2. The van der Waals surface area contributed by atoms with Crippen molar-refractivity contribution in [2.24, 2.45) is 0 Å². The van der Waals surface area contributed by atoms with Crippen LogP contribution in [0.4, 0.5) is 0 Å². The summed E-state index contributed by atoms with van der Waals surface area (Å²) in [7, 11) is 0. The summed E-state index contributed by atoms with van der Waals surface area (Å²) in [4.78, 5) is 16.4. The summed E-state index contributed by atoms with van der Waals surface area (Å²) in [6.45, 7) is 0. The maximum Gasteiger partial charge on any atom is 0.336 e. The fraction of sp³-hybridized carbons (Fsp3) is 0. The molecule has 4 aromatic rings. The van der Waals surface area contributed by atoms with Gasteiger partial charge in [0.2, 0.25) is 0 Å². The quantitative estimate of drug-likeness (QED) is 0.558. The average molecular weight is 325 g/mol. The Bertz CT molecular complexity index is 1060. The van der Waals surface area contributed by atoms with Gasteiger partial charge in [-0.3, -0.25) is 0 Å². The van der Waals surface area contributed by atoms with E-state index in [1.165, 1.54) is 0 Å². The number of hydrogen-bond donors (Lipinski definition) is 1. The number of rotatable bonds is 3. The van der Waals surface area contributed by atoms with E-state index in [9.17, 15) is 9.90 Å². The summed E-state index contributed by atoms with van der Waals surface area (Å²) < 4.78 is 0. The molecule has 0 unspecified atom stereocenters. The Labute approximate surface area is 145 Å². The van der Waals surface area contributed by atoms with E-state index in [1.54, 1.807) is 12.1 Å². The van der Waals surface area contributed by atoms with Crippen LogP contribution in [-0.4, -0.2) is 16.1 Å². The second kappa shape index (κ2) is 6.21. The summed E-state index contributed by atoms with van der Waals surface area (Å²) in [5.74, 6) is -0.945. The monoisotopic (exact) mass is 325 g/mol. The topological polar surface area (TPSA) is 50.2 Å². The van der Waals surface area contributed by atoms with Gasteiger partial charge in [0, 0.05) is 16.5 Å². The van der Waals surface area contributed by atoms with Crippen molar-refractivity contribution >= 4 is 16.9 Å². The van der Waals surface area contributed by atoms with Gasteiger partial charge in [0.05, 0.1) is 16.8 Å².